The third-order valence-corrected chi connectivity index (χ3v) is 2.07. The first-order valence-electron chi connectivity index (χ1n) is 4.21. The third kappa shape index (κ3) is 1.35. The zero-order chi connectivity index (χ0) is 10.1. The first kappa shape index (κ1) is 8.74. The Morgan fingerprint density at radius 2 is 2.21 bits per heavy atom. The summed E-state index contributed by atoms with van der Waals surface area (Å²) in [5, 5.41) is 0. The van der Waals surface area contributed by atoms with E-state index in [1.54, 1.807) is 31.5 Å². The largest absolute Gasteiger partial charge is 0.330 e. The molecule has 0 bridgehead atoms. The second kappa shape index (κ2) is 3.14. The van der Waals surface area contributed by atoms with Gasteiger partial charge in [0.1, 0.15) is 5.82 Å². The van der Waals surface area contributed by atoms with Gasteiger partial charge in [0.15, 0.2) is 0 Å². The summed E-state index contributed by atoms with van der Waals surface area (Å²) in [7, 11) is 0. The van der Waals surface area contributed by atoms with Crippen LogP contribution in [0.15, 0.2) is 35.4 Å². The molecule has 3 nitrogen and oxygen atoms in total. The predicted molar refractivity (Wildman–Crippen MR) is 51.1 cm³/mol. The van der Waals surface area contributed by atoms with Crippen molar-refractivity contribution in [3.05, 3.63) is 52.5 Å². The number of aromatic amines is 1. The second-order valence-corrected chi connectivity index (χ2v) is 3.07. The van der Waals surface area contributed by atoms with E-state index in [1.165, 1.54) is 10.6 Å². The van der Waals surface area contributed by atoms with Crippen molar-refractivity contribution >= 4 is 0 Å². The van der Waals surface area contributed by atoms with E-state index in [0.29, 0.717) is 11.3 Å². The van der Waals surface area contributed by atoms with Crippen molar-refractivity contribution in [1.29, 1.82) is 0 Å². The van der Waals surface area contributed by atoms with Crippen LogP contribution in [0.3, 0.4) is 0 Å². The van der Waals surface area contributed by atoms with Gasteiger partial charge >= 0.3 is 5.69 Å². The van der Waals surface area contributed by atoms with Gasteiger partial charge in [0.25, 0.3) is 0 Å². The fraction of sp³-hybridized carbons (Fsp3) is 0.100. The molecule has 2 rings (SSSR count). The molecule has 1 heterocycles. The molecule has 1 N–H and O–H groups in total. The highest BCUT2D eigenvalue weighted by molar-refractivity contribution is 5.35. The molecule has 0 radical (unpaired) electrons. The molecular weight excluding hydrogens is 183 g/mol. The topological polar surface area (TPSA) is 37.8 Å². The van der Waals surface area contributed by atoms with Gasteiger partial charge in [-0.2, -0.15) is 0 Å². The number of rotatable bonds is 1. The van der Waals surface area contributed by atoms with Gasteiger partial charge in [-0.1, -0.05) is 0 Å². The second-order valence-electron chi connectivity index (χ2n) is 3.07. The molecule has 0 aliphatic carbocycles. The summed E-state index contributed by atoms with van der Waals surface area (Å²) in [4.78, 5) is 13.7. The number of benzene rings is 1. The van der Waals surface area contributed by atoms with Crippen LogP contribution in [-0.2, 0) is 0 Å². The molecule has 0 amide bonds. The Hall–Kier alpha value is -1.84. The van der Waals surface area contributed by atoms with Crippen LogP contribution in [0.25, 0.3) is 5.69 Å². The monoisotopic (exact) mass is 192 g/mol. The number of H-pyrrole nitrogens is 1. The molecule has 0 aliphatic rings. The number of hydrogen-bond donors (Lipinski definition) is 1. The van der Waals surface area contributed by atoms with Crippen molar-refractivity contribution in [2.24, 2.45) is 0 Å². The van der Waals surface area contributed by atoms with E-state index in [-0.39, 0.29) is 11.5 Å². The average molecular weight is 192 g/mol. The van der Waals surface area contributed by atoms with Gasteiger partial charge < -0.3 is 4.98 Å². The predicted octanol–water partition coefficient (Wildman–Crippen LogP) is 1.61. The molecule has 0 spiro atoms. The fourth-order valence-electron chi connectivity index (χ4n) is 1.30. The Morgan fingerprint density at radius 3 is 2.79 bits per heavy atom. The van der Waals surface area contributed by atoms with E-state index in [1.807, 2.05) is 0 Å². The van der Waals surface area contributed by atoms with Crippen LogP contribution in [0.4, 0.5) is 4.39 Å². The average Bonchev–Trinajstić information content (AvgIpc) is 2.57. The molecule has 1 aromatic heterocycles. The Bertz CT molecular complexity index is 513. The lowest BCUT2D eigenvalue weighted by Gasteiger charge is -2.02. The van der Waals surface area contributed by atoms with Crippen LogP contribution in [0.2, 0.25) is 0 Å². The minimum absolute atomic E-state index is 0.226. The van der Waals surface area contributed by atoms with Crippen molar-refractivity contribution in [2.75, 3.05) is 0 Å². The van der Waals surface area contributed by atoms with Crippen LogP contribution >= 0.6 is 0 Å². The number of nitrogens with zero attached hydrogens (tertiary/aromatic N) is 1. The number of nitrogens with one attached hydrogen (secondary N) is 1. The Balaban J connectivity index is 2.59. The highest BCUT2D eigenvalue weighted by atomic mass is 19.1. The van der Waals surface area contributed by atoms with Gasteiger partial charge in [-0.25, -0.2) is 9.18 Å². The smallest absolute Gasteiger partial charge is 0.312 e. The number of halogens is 1. The number of hydrogen-bond acceptors (Lipinski definition) is 1. The zero-order valence-electron chi connectivity index (χ0n) is 7.62. The van der Waals surface area contributed by atoms with Crippen LogP contribution in [-0.4, -0.2) is 9.55 Å². The molecule has 0 fully saturated rings. The highest BCUT2D eigenvalue weighted by Gasteiger charge is 2.02. The Labute approximate surface area is 79.8 Å². The summed E-state index contributed by atoms with van der Waals surface area (Å²) in [6.45, 7) is 1.66. The lowest BCUT2D eigenvalue weighted by Crippen LogP contribution is -2.14. The maximum atomic E-state index is 12.9. The summed E-state index contributed by atoms with van der Waals surface area (Å²) in [6, 6.07) is 4.55. The normalized spacial score (nSPS) is 10.4. The summed E-state index contributed by atoms with van der Waals surface area (Å²) in [5.41, 5.74) is 0.960. The van der Waals surface area contributed by atoms with Crippen molar-refractivity contribution in [1.82, 2.24) is 9.55 Å². The molecular formula is C10H9FN2O. The van der Waals surface area contributed by atoms with Crippen LogP contribution in [0.5, 0.6) is 0 Å². The van der Waals surface area contributed by atoms with Crippen LogP contribution in [0.1, 0.15) is 5.56 Å². The summed E-state index contributed by atoms with van der Waals surface area (Å²) >= 11 is 0. The van der Waals surface area contributed by atoms with E-state index in [9.17, 15) is 9.18 Å². The Kier molecular flexibility index (Phi) is 1.96. The van der Waals surface area contributed by atoms with Crippen molar-refractivity contribution in [3.63, 3.8) is 0 Å². The van der Waals surface area contributed by atoms with Crippen molar-refractivity contribution in [2.45, 2.75) is 6.92 Å². The molecule has 0 unspecified atom stereocenters. The molecule has 2 aromatic rings. The minimum Gasteiger partial charge on any atom is -0.312 e. The summed E-state index contributed by atoms with van der Waals surface area (Å²) < 4.78 is 14.4. The lowest BCUT2D eigenvalue weighted by atomic mass is 10.2. The van der Waals surface area contributed by atoms with E-state index in [4.69, 9.17) is 0 Å². The minimum atomic E-state index is -0.266. The number of imidazole rings is 1. The van der Waals surface area contributed by atoms with E-state index < -0.39 is 0 Å². The van der Waals surface area contributed by atoms with E-state index in [2.05, 4.69) is 4.98 Å². The number of aryl methyl sites for hydroxylation is 1. The SMILES string of the molecule is Cc1cc(-n2cc[nH]c2=O)ccc1F. The number of aromatic nitrogens is 2. The first-order chi connectivity index (χ1) is 6.68. The van der Waals surface area contributed by atoms with Crippen LogP contribution < -0.4 is 5.69 Å². The summed E-state index contributed by atoms with van der Waals surface area (Å²) in [6.07, 6.45) is 3.15. The fourth-order valence-corrected chi connectivity index (χ4v) is 1.30. The van der Waals surface area contributed by atoms with E-state index in [0.717, 1.165) is 0 Å². The van der Waals surface area contributed by atoms with Gasteiger partial charge in [0.05, 0.1) is 5.69 Å². The highest BCUT2D eigenvalue weighted by Crippen LogP contribution is 2.11. The molecule has 0 aliphatic heterocycles. The molecule has 72 valence electrons. The van der Waals surface area contributed by atoms with E-state index >= 15 is 0 Å². The van der Waals surface area contributed by atoms with Gasteiger partial charge in [-0.15, -0.1) is 0 Å². The van der Waals surface area contributed by atoms with Crippen molar-refractivity contribution in [3.8, 4) is 5.69 Å². The first-order valence-corrected chi connectivity index (χ1v) is 4.21. The van der Waals surface area contributed by atoms with Gasteiger partial charge in [0, 0.05) is 12.4 Å². The van der Waals surface area contributed by atoms with Gasteiger partial charge in [-0.05, 0) is 30.7 Å². The van der Waals surface area contributed by atoms with Crippen molar-refractivity contribution < 1.29 is 4.39 Å². The maximum absolute atomic E-state index is 12.9. The standard InChI is InChI=1S/C10H9FN2O/c1-7-6-8(2-3-9(7)11)13-5-4-12-10(13)14/h2-6H,1H3,(H,12,14). The lowest BCUT2D eigenvalue weighted by molar-refractivity contribution is 0.618. The Morgan fingerprint density at radius 1 is 1.43 bits per heavy atom. The maximum Gasteiger partial charge on any atom is 0.330 e. The molecule has 14 heavy (non-hydrogen) atoms. The quantitative estimate of drug-likeness (QED) is 0.732. The molecule has 0 saturated carbocycles. The third-order valence-electron chi connectivity index (χ3n) is 2.07. The van der Waals surface area contributed by atoms with Gasteiger partial charge in [0.2, 0.25) is 0 Å². The zero-order valence-corrected chi connectivity index (χ0v) is 7.62. The summed E-state index contributed by atoms with van der Waals surface area (Å²) in [5.74, 6) is -0.266. The van der Waals surface area contributed by atoms with Crippen LogP contribution in [0, 0.1) is 12.7 Å². The molecule has 0 atom stereocenters. The van der Waals surface area contributed by atoms with Gasteiger partial charge in [-0.3, -0.25) is 4.57 Å². The molecule has 4 heteroatoms. The molecule has 0 saturated heterocycles. The molecule has 1 aromatic carbocycles.